The third-order valence-corrected chi connectivity index (χ3v) is 6.09. The van der Waals surface area contributed by atoms with Gasteiger partial charge in [-0.3, -0.25) is 4.79 Å². The molecule has 116 valence electrons. The van der Waals surface area contributed by atoms with Crippen LogP contribution in [-0.2, 0) is 14.8 Å². The fourth-order valence-electron chi connectivity index (χ4n) is 2.86. The van der Waals surface area contributed by atoms with E-state index in [2.05, 4.69) is 5.32 Å². The van der Waals surface area contributed by atoms with Gasteiger partial charge in [0.2, 0.25) is 15.9 Å². The zero-order valence-electron chi connectivity index (χ0n) is 12.2. The highest BCUT2D eigenvalue weighted by atomic mass is 32.2. The van der Waals surface area contributed by atoms with Gasteiger partial charge >= 0.3 is 0 Å². The molecule has 2 aliphatic rings. The highest BCUT2D eigenvalue weighted by molar-refractivity contribution is 7.89. The maximum atomic E-state index is 12.3. The van der Waals surface area contributed by atoms with Crippen molar-refractivity contribution in [3.8, 4) is 0 Å². The van der Waals surface area contributed by atoms with E-state index in [0.29, 0.717) is 32.6 Å². The molecule has 0 aromatic heterocycles. The Balaban J connectivity index is 1.86. The molecule has 2 fully saturated rings. The summed E-state index contributed by atoms with van der Waals surface area (Å²) < 4.78 is 25.5. The monoisotopic (exact) mass is 303 g/mol. The summed E-state index contributed by atoms with van der Waals surface area (Å²) in [5.41, 5.74) is 0. The molecule has 1 amide bonds. The van der Waals surface area contributed by atoms with Gasteiger partial charge in [0.1, 0.15) is 0 Å². The normalized spacial score (nSPS) is 25.6. The maximum Gasteiger partial charge on any atom is 0.239 e. The minimum atomic E-state index is -3.13. The standard InChI is InChI=1S/C13H25N3O3S/c1-2-11-20(18,19)16-9-7-15(8-10-16)13(17)12-5-3-4-6-14-12/h12,14H,2-11H2,1H3. The van der Waals surface area contributed by atoms with Gasteiger partial charge < -0.3 is 10.2 Å². The minimum Gasteiger partial charge on any atom is -0.339 e. The minimum absolute atomic E-state index is 0.0671. The van der Waals surface area contributed by atoms with Crippen molar-refractivity contribution >= 4 is 15.9 Å². The summed E-state index contributed by atoms with van der Waals surface area (Å²) in [5, 5.41) is 3.25. The summed E-state index contributed by atoms with van der Waals surface area (Å²) in [7, 11) is -3.13. The average molecular weight is 303 g/mol. The molecule has 2 aliphatic heterocycles. The fourth-order valence-corrected chi connectivity index (χ4v) is 4.35. The molecule has 0 aromatic carbocycles. The molecule has 0 radical (unpaired) electrons. The van der Waals surface area contributed by atoms with E-state index in [4.69, 9.17) is 0 Å². The summed E-state index contributed by atoms with van der Waals surface area (Å²) in [6.45, 7) is 4.66. The molecule has 1 atom stereocenters. The van der Waals surface area contributed by atoms with Crippen LogP contribution >= 0.6 is 0 Å². The lowest BCUT2D eigenvalue weighted by molar-refractivity contribution is -0.135. The molecule has 20 heavy (non-hydrogen) atoms. The fraction of sp³-hybridized carbons (Fsp3) is 0.923. The van der Waals surface area contributed by atoms with Crippen LogP contribution < -0.4 is 5.32 Å². The highest BCUT2D eigenvalue weighted by Crippen LogP contribution is 2.13. The molecule has 2 saturated heterocycles. The Kier molecular flexibility index (Phi) is 5.40. The first kappa shape index (κ1) is 15.7. The maximum absolute atomic E-state index is 12.3. The second-order valence-corrected chi connectivity index (χ2v) is 7.63. The molecule has 0 saturated carbocycles. The molecule has 6 nitrogen and oxygen atoms in total. The third kappa shape index (κ3) is 3.71. The number of nitrogens with zero attached hydrogens (tertiary/aromatic N) is 2. The van der Waals surface area contributed by atoms with Crippen LogP contribution in [0.2, 0.25) is 0 Å². The number of rotatable bonds is 4. The summed E-state index contributed by atoms with van der Waals surface area (Å²) in [5.74, 6) is 0.336. The van der Waals surface area contributed by atoms with Crippen LogP contribution in [0.1, 0.15) is 32.6 Å². The van der Waals surface area contributed by atoms with Gasteiger partial charge in [-0.05, 0) is 25.8 Å². The van der Waals surface area contributed by atoms with Gasteiger partial charge in [-0.25, -0.2) is 8.42 Å². The SMILES string of the molecule is CCCS(=O)(=O)N1CCN(C(=O)C2CCCCN2)CC1. The molecule has 7 heteroatoms. The van der Waals surface area contributed by atoms with Crippen molar-refractivity contribution in [3.63, 3.8) is 0 Å². The predicted molar refractivity (Wildman–Crippen MR) is 77.9 cm³/mol. The van der Waals surface area contributed by atoms with Gasteiger partial charge in [-0.1, -0.05) is 13.3 Å². The highest BCUT2D eigenvalue weighted by Gasteiger charge is 2.31. The molecule has 0 spiro atoms. The zero-order chi connectivity index (χ0) is 14.6. The molecule has 0 bridgehead atoms. The van der Waals surface area contributed by atoms with Gasteiger partial charge in [0.15, 0.2) is 0 Å². The van der Waals surface area contributed by atoms with E-state index in [1.807, 2.05) is 6.92 Å². The van der Waals surface area contributed by atoms with Crippen molar-refractivity contribution in [2.75, 3.05) is 38.5 Å². The number of piperidine rings is 1. The second kappa shape index (κ2) is 6.87. The number of hydrogen-bond donors (Lipinski definition) is 1. The Morgan fingerprint density at radius 3 is 2.45 bits per heavy atom. The van der Waals surface area contributed by atoms with Crippen molar-refractivity contribution in [2.45, 2.75) is 38.6 Å². The molecule has 2 rings (SSSR count). The van der Waals surface area contributed by atoms with Crippen molar-refractivity contribution < 1.29 is 13.2 Å². The largest absolute Gasteiger partial charge is 0.339 e. The number of amides is 1. The van der Waals surface area contributed by atoms with Gasteiger partial charge in [0.25, 0.3) is 0 Å². The van der Waals surface area contributed by atoms with Gasteiger partial charge in [-0.2, -0.15) is 4.31 Å². The van der Waals surface area contributed by atoms with Crippen molar-refractivity contribution in [1.29, 1.82) is 0 Å². The van der Waals surface area contributed by atoms with E-state index < -0.39 is 10.0 Å². The second-order valence-electron chi connectivity index (χ2n) is 5.54. The molecule has 0 aromatic rings. The lowest BCUT2D eigenvalue weighted by atomic mass is 10.0. The number of nitrogens with one attached hydrogen (secondary N) is 1. The first-order chi connectivity index (χ1) is 9.54. The molecular formula is C13H25N3O3S. The van der Waals surface area contributed by atoms with E-state index in [9.17, 15) is 13.2 Å². The molecule has 0 aliphatic carbocycles. The number of hydrogen-bond acceptors (Lipinski definition) is 4. The van der Waals surface area contributed by atoms with Crippen LogP contribution in [0.4, 0.5) is 0 Å². The molecule has 2 heterocycles. The van der Waals surface area contributed by atoms with Gasteiger partial charge in [0, 0.05) is 26.2 Å². The number of piperazine rings is 1. The van der Waals surface area contributed by atoms with Crippen molar-refractivity contribution in [3.05, 3.63) is 0 Å². The van der Waals surface area contributed by atoms with E-state index in [1.54, 1.807) is 4.90 Å². The third-order valence-electron chi connectivity index (χ3n) is 4.01. The summed E-state index contributed by atoms with van der Waals surface area (Å²) in [6.07, 6.45) is 3.75. The van der Waals surface area contributed by atoms with Crippen LogP contribution in [0.5, 0.6) is 0 Å². The van der Waals surface area contributed by atoms with Crippen molar-refractivity contribution in [2.24, 2.45) is 0 Å². The van der Waals surface area contributed by atoms with Crippen molar-refractivity contribution in [1.82, 2.24) is 14.5 Å². The molecule has 1 N–H and O–H groups in total. The molecule has 1 unspecified atom stereocenters. The smallest absolute Gasteiger partial charge is 0.239 e. The van der Waals surface area contributed by atoms with Crippen LogP contribution in [-0.4, -0.2) is 68.0 Å². The predicted octanol–water partition coefficient (Wildman–Crippen LogP) is 0.0125. The van der Waals surface area contributed by atoms with Crippen LogP contribution in [0.3, 0.4) is 0 Å². The quantitative estimate of drug-likeness (QED) is 0.794. The average Bonchev–Trinajstić information content (AvgIpc) is 2.47. The Morgan fingerprint density at radius 2 is 1.90 bits per heavy atom. The van der Waals surface area contributed by atoms with Crippen LogP contribution in [0.15, 0.2) is 0 Å². The van der Waals surface area contributed by atoms with Crippen LogP contribution in [0, 0.1) is 0 Å². The Morgan fingerprint density at radius 1 is 1.20 bits per heavy atom. The Hall–Kier alpha value is -0.660. The van der Waals surface area contributed by atoms with Gasteiger partial charge in [-0.15, -0.1) is 0 Å². The lowest BCUT2D eigenvalue weighted by Crippen LogP contribution is -2.56. The lowest BCUT2D eigenvalue weighted by Gasteiger charge is -2.36. The summed E-state index contributed by atoms with van der Waals surface area (Å²) >= 11 is 0. The van der Waals surface area contributed by atoms with E-state index in [-0.39, 0.29) is 17.7 Å². The van der Waals surface area contributed by atoms with E-state index in [0.717, 1.165) is 25.8 Å². The topological polar surface area (TPSA) is 69.7 Å². The summed E-state index contributed by atoms with van der Waals surface area (Å²) in [6, 6.07) is -0.0671. The van der Waals surface area contributed by atoms with E-state index >= 15 is 0 Å². The zero-order valence-corrected chi connectivity index (χ0v) is 13.0. The number of carbonyl (C=O) groups is 1. The summed E-state index contributed by atoms with van der Waals surface area (Å²) in [4.78, 5) is 14.1. The van der Waals surface area contributed by atoms with Gasteiger partial charge in [0.05, 0.1) is 11.8 Å². The first-order valence-electron chi connectivity index (χ1n) is 7.54. The number of carbonyl (C=O) groups excluding carboxylic acids is 1. The molecular weight excluding hydrogens is 278 g/mol. The Labute approximate surface area is 121 Å². The van der Waals surface area contributed by atoms with Crippen LogP contribution in [0.25, 0.3) is 0 Å². The number of sulfonamides is 1. The first-order valence-corrected chi connectivity index (χ1v) is 9.15. The van der Waals surface area contributed by atoms with E-state index in [1.165, 1.54) is 4.31 Å². The Bertz CT molecular complexity index is 424.